The van der Waals surface area contributed by atoms with Crippen molar-refractivity contribution >= 4 is 34.8 Å². The maximum atomic E-state index is 14.4. The van der Waals surface area contributed by atoms with Crippen molar-refractivity contribution in [3.8, 4) is 22.3 Å². The molecule has 408 valence electrons. The smallest absolute Gasteiger partial charge is 0.417 e. The number of likely N-dealkylation sites (tertiary alicyclic amines) is 1. The normalized spacial score (nSPS) is 23.1. The highest BCUT2D eigenvalue weighted by molar-refractivity contribution is 7.13. The molecule has 76 heavy (non-hydrogen) atoms. The second-order valence-corrected chi connectivity index (χ2v) is 24.6. The van der Waals surface area contributed by atoms with E-state index >= 15 is 0 Å². The Labute approximate surface area is 448 Å². The number of nitrogens with zero attached hydrogens (tertiary/aromatic N) is 5. The number of ether oxygens (including phenoxy) is 2. The maximum absolute atomic E-state index is 14.4. The van der Waals surface area contributed by atoms with E-state index in [1.165, 1.54) is 11.0 Å². The largest absolute Gasteiger partial charge is 0.489 e. The van der Waals surface area contributed by atoms with E-state index in [9.17, 15) is 42.7 Å². The van der Waals surface area contributed by atoms with Gasteiger partial charge in [0.05, 0.1) is 65.2 Å². The molecule has 1 aromatic heterocycles. The summed E-state index contributed by atoms with van der Waals surface area (Å²) < 4.78 is 53.0. The number of hydrogen-bond donors (Lipinski definition) is 3. The SMILES string of the molecule is Cc1ncsc1-c1ccc([C@H](C)NC(=O)[C@@H]2C[C@@H](O)CN2C(=O)[C@@H](CC(=O)CN2CCN(CCC3(c4ccc(C(=O)NC5C(C)(C)C(Oc6ccc(C#N)c(C(F)(F)F)c6)C5(C)C)cc4)COC3)CC2)C(C)(C)C)cc1. The number of aliphatic hydroxyl groups excluding tert-OH is 1. The van der Waals surface area contributed by atoms with Gasteiger partial charge in [-0.25, -0.2) is 4.98 Å². The Hall–Kier alpha value is -5.71. The highest BCUT2D eigenvalue weighted by Gasteiger charge is 2.64. The Morgan fingerprint density at radius 2 is 1.59 bits per heavy atom. The number of aryl methyl sites for hydroxylation is 1. The summed E-state index contributed by atoms with van der Waals surface area (Å²) in [6.45, 7) is 22.4. The number of nitrogens with one attached hydrogen (secondary N) is 2. The van der Waals surface area contributed by atoms with E-state index in [1.54, 1.807) is 17.4 Å². The van der Waals surface area contributed by atoms with Crippen LogP contribution in [0.1, 0.15) is 119 Å². The van der Waals surface area contributed by atoms with Crippen LogP contribution in [0.5, 0.6) is 5.75 Å². The molecule has 4 aromatic rings. The van der Waals surface area contributed by atoms with Crippen molar-refractivity contribution in [2.45, 2.75) is 124 Å². The minimum atomic E-state index is -4.71. The van der Waals surface area contributed by atoms with Crippen molar-refractivity contribution in [3.63, 3.8) is 0 Å². The zero-order valence-corrected chi connectivity index (χ0v) is 45.9. The number of ketones is 1. The molecule has 3 aromatic carbocycles. The number of amides is 3. The summed E-state index contributed by atoms with van der Waals surface area (Å²) in [6, 6.07) is 18.9. The molecule has 3 N–H and O–H groups in total. The van der Waals surface area contributed by atoms with Gasteiger partial charge in [-0.05, 0) is 79.3 Å². The minimum Gasteiger partial charge on any atom is -0.489 e. The van der Waals surface area contributed by atoms with E-state index in [1.807, 2.05) is 116 Å². The number of piperazine rings is 1. The number of Topliss-reactive ketones (excluding diaryl/α,β-unsaturated/α-hetero) is 1. The first-order valence-electron chi connectivity index (χ1n) is 26.2. The number of rotatable bonds is 17. The number of aromatic nitrogens is 1. The van der Waals surface area contributed by atoms with Crippen LogP contribution in [0.25, 0.3) is 10.4 Å². The van der Waals surface area contributed by atoms with E-state index in [0.29, 0.717) is 31.9 Å². The summed E-state index contributed by atoms with van der Waals surface area (Å²) in [4.78, 5) is 67.2. The molecule has 3 aliphatic heterocycles. The van der Waals surface area contributed by atoms with Crippen LogP contribution in [0, 0.1) is 40.4 Å². The number of benzene rings is 3. The standard InChI is InChI=1S/C58H72F3N7O7S/c1-35(37-10-12-38(13-11-37)48-36(2)63-34-76-48)64-50(72)47-27-43(70)31-68(47)51(73)46(54(3,4)5)26-42(69)30-67-24-22-66(23-25-67)21-20-57(32-74-33-57)41-17-14-39(15-18-41)49(71)65-52-55(6,7)53(56(52,8)9)75-44-19-16-40(29-62)45(28-44)58(59,60)61/h10-19,28,34-35,43,46-47,52-53,70H,20-27,30-33H2,1-9H3,(H,64,72)(H,65,71)/t35-,43+,46+,47-,52?,53?/m0/s1. The van der Waals surface area contributed by atoms with Gasteiger partial charge in [-0.1, -0.05) is 84.9 Å². The zero-order chi connectivity index (χ0) is 55.1. The molecule has 0 bridgehead atoms. The summed E-state index contributed by atoms with van der Waals surface area (Å²) in [5.41, 5.74) is 2.69. The lowest BCUT2D eigenvalue weighted by Crippen LogP contribution is -2.74. The van der Waals surface area contributed by atoms with Crippen LogP contribution in [0.3, 0.4) is 0 Å². The first-order chi connectivity index (χ1) is 35.7. The monoisotopic (exact) mass is 1070 g/mol. The topological polar surface area (TPSA) is 177 Å². The van der Waals surface area contributed by atoms with Crippen molar-refractivity contribution in [3.05, 3.63) is 106 Å². The van der Waals surface area contributed by atoms with Crippen LogP contribution >= 0.6 is 11.3 Å². The predicted molar refractivity (Wildman–Crippen MR) is 283 cm³/mol. The molecule has 4 fully saturated rings. The molecule has 4 atom stereocenters. The Morgan fingerprint density at radius 3 is 2.16 bits per heavy atom. The summed E-state index contributed by atoms with van der Waals surface area (Å²) in [7, 11) is 0. The fourth-order valence-corrected chi connectivity index (χ4v) is 12.9. The number of alkyl halides is 3. The number of thiazole rings is 1. The molecule has 1 aliphatic carbocycles. The van der Waals surface area contributed by atoms with Gasteiger partial charge in [-0.3, -0.25) is 24.1 Å². The number of carbonyl (C=O) groups is 4. The summed E-state index contributed by atoms with van der Waals surface area (Å²) in [5.74, 6) is -1.63. The first kappa shape index (κ1) is 56.5. The van der Waals surface area contributed by atoms with Gasteiger partial charge < -0.3 is 35.0 Å². The average Bonchev–Trinajstić information content (AvgIpc) is 3.98. The van der Waals surface area contributed by atoms with Gasteiger partial charge in [-0.15, -0.1) is 11.3 Å². The number of nitriles is 1. The Kier molecular flexibility index (Phi) is 16.3. The van der Waals surface area contributed by atoms with Gasteiger partial charge in [0.25, 0.3) is 5.91 Å². The van der Waals surface area contributed by atoms with Gasteiger partial charge in [0.2, 0.25) is 11.8 Å². The predicted octanol–water partition coefficient (Wildman–Crippen LogP) is 8.36. The molecular formula is C58H72F3N7O7S. The molecule has 14 nitrogen and oxygen atoms in total. The number of carbonyl (C=O) groups excluding carboxylic acids is 4. The van der Waals surface area contributed by atoms with Crippen LogP contribution in [0.4, 0.5) is 13.2 Å². The van der Waals surface area contributed by atoms with Crippen LogP contribution in [-0.4, -0.2) is 132 Å². The lowest BCUT2D eigenvalue weighted by atomic mass is 9.49. The summed E-state index contributed by atoms with van der Waals surface area (Å²) >= 11 is 1.57. The highest BCUT2D eigenvalue weighted by atomic mass is 32.1. The third-order valence-electron chi connectivity index (χ3n) is 16.5. The third-order valence-corrected chi connectivity index (χ3v) is 17.5. The van der Waals surface area contributed by atoms with Crippen LogP contribution in [0.15, 0.2) is 72.2 Å². The number of β-amino-alcohol motifs (C(OH)–C–C–N with tert-alkyl or cyclic N) is 1. The van der Waals surface area contributed by atoms with Crippen molar-refractivity contribution in [1.82, 2.24) is 30.3 Å². The molecule has 0 spiro atoms. The van der Waals surface area contributed by atoms with Crippen molar-refractivity contribution in [2.75, 3.05) is 59.0 Å². The van der Waals surface area contributed by atoms with Crippen LogP contribution < -0.4 is 15.4 Å². The van der Waals surface area contributed by atoms with Gasteiger partial charge >= 0.3 is 6.18 Å². The molecule has 0 radical (unpaired) electrons. The Bertz CT molecular complexity index is 2790. The second kappa shape index (κ2) is 22.0. The molecule has 0 unspecified atom stereocenters. The van der Waals surface area contributed by atoms with E-state index in [-0.39, 0.29) is 72.7 Å². The lowest BCUT2D eigenvalue weighted by Gasteiger charge is -2.63. The Morgan fingerprint density at radius 1 is 0.947 bits per heavy atom. The van der Waals surface area contributed by atoms with Crippen LogP contribution in [-0.2, 0) is 30.7 Å². The van der Waals surface area contributed by atoms with Crippen molar-refractivity contribution in [2.24, 2.45) is 22.2 Å². The van der Waals surface area contributed by atoms with Crippen molar-refractivity contribution < 1.29 is 46.9 Å². The van der Waals surface area contributed by atoms with E-state index in [0.717, 1.165) is 65.4 Å². The maximum Gasteiger partial charge on any atom is 0.417 e. The third kappa shape index (κ3) is 11.9. The van der Waals surface area contributed by atoms with Gasteiger partial charge in [0.1, 0.15) is 23.7 Å². The molecular weight excluding hydrogens is 996 g/mol. The molecule has 4 heterocycles. The van der Waals surface area contributed by atoms with Crippen LogP contribution in [0.2, 0.25) is 0 Å². The molecule has 8 rings (SSSR count). The fourth-order valence-electron chi connectivity index (χ4n) is 12.1. The van der Waals surface area contributed by atoms with E-state index in [2.05, 4.69) is 25.4 Å². The fraction of sp³-hybridized carbons (Fsp3) is 0.552. The second-order valence-electron chi connectivity index (χ2n) is 23.8. The van der Waals surface area contributed by atoms with Gasteiger partial charge in [0.15, 0.2) is 0 Å². The number of hydrogen-bond acceptors (Lipinski definition) is 12. The molecule has 3 amide bonds. The average molecular weight is 1070 g/mol. The highest BCUT2D eigenvalue weighted by Crippen LogP contribution is 2.56. The minimum absolute atomic E-state index is 0.00461. The van der Waals surface area contributed by atoms with E-state index in [4.69, 9.17) is 9.47 Å². The molecule has 1 saturated carbocycles. The van der Waals surface area contributed by atoms with E-state index < -0.39 is 57.7 Å². The first-order valence-corrected chi connectivity index (χ1v) is 27.1. The lowest BCUT2D eigenvalue weighted by molar-refractivity contribution is -0.164. The van der Waals surface area contributed by atoms with Gasteiger partial charge in [0, 0.05) is 79.3 Å². The summed E-state index contributed by atoms with van der Waals surface area (Å²) in [5, 5.41) is 26.2. The Balaban J connectivity index is 0.799. The summed E-state index contributed by atoms with van der Waals surface area (Å²) in [6.07, 6.45) is -5.12. The number of aliphatic hydroxyl groups is 1. The molecule has 18 heteroatoms. The van der Waals surface area contributed by atoms with Crippen molar-refractivity contribution in [1.29, 1.82) is 5.26 Å². The number of halogens is 3. The molecule has 3 saturated heterocycles. The zero-order valence-electron chi connectivity index (χ0n) is 45.1. The quantitative estimate of drug-likeness (QED) is 0.0926. The molecule has 4 aliphatic rings. The van der Waals surface area contributed by atoms with Gasteiger partial charge in [-0.2, -0.15) is 18.4 Å².